The van der Waals surface area contributed by atoms with Gasteiger partial charge < -0.3 is 5.11 Å². The van der Waals surface area contributed by atoms with Crippen LogP contribution < -0.4 is 0 Å². The fourth-order valence-electron chi connectivity index (χ4n) is 2.27. The summed E-state index contributed by atoms with van der Waals surface area (Å²) in [6.07, 6.45) is 5.51. The van der Waals surface area contributed by atoms with Gasteiger partial charge >= 0.3 is 0 Å². The summed E-state index contributed by atoms with van der Waals surface area (Å²) in [6.45, 7) is 4.68. The monoisotopic (exact) mass is 298 g/mol. The molecule has 1 rings (SSSR count). The van der Waals surface area contributed by atoms with Crippen molar-refractivity contribution in [3.05, 3.63) is 34.3 Å². The Morgan fingerprint density at radius 3 is 2.59 bits per heavy atom. The van der Waals surface area contributed by atoms with E-state index < -0.39 is 0 Å². The summed E-state index contributed by atoms with van der Waals surface area (Å²) < 4.78 is 1.12. The molecule has 0 aliphatic heterocycles. The van der Waals surface area contributed by atoms with Gasteiger partial charge in [0.1, 0.15) is 0 Å². The van der Waals surface area contributed by atoms with E-state index >= 15 is 0 Å². The quantitative estimate of drug-likeness (QED) is 0.782. The van der Waals surface area contributed by atoms with E-state index in [0.717, 1.165) is 23.7 Å². The van der Waals surface area contributed by atoms with Gasteiger partial charge in [-0.25, -0.2) is 0 Å². The number of rotatable bonds is 7. The Labute approximate surface area is 113 Å². The first-order chi connectivity index (χ1) is 8.15. The fraction of sp³-hybridized carbons (Fsp3) is 0.600. The van der Waals surface area contributed by atoms with Gasteiger partial charge in [-0.1, -0.05) is 54.8 Å². The van der Waals surface area contributed by atoms with Crippen molar-refractivity contribution in [2.24, 2.45) is 5.41 Å². The van der Waals surface area contributed by atoms with Crippen molar-refractivity contribution in [2.75, 3.05) is 6.61 Å². The second kappa shape index (κ2) is 7.17. The summed E-state index contributed by atoms with van der Waals surface area (Å²) in [6, 6.07) is 8.42. The molecule has 1 unspecified atom stereocenters. The Morgan fingerprint density at radius 1 is 1.29 bits per heavy atom. The Hall–Kier alpha value is -0.340. The maximum absolute atomic E-state index is 9.72. The molecule has 0 aromatic heterocycles. The Bertz CT molecular complexity index is 331. The molecule has 1 atom stereocenters. The van der Waals surface area contributed by atoms with E-state index in [1.165, 1.54) is 18.4 Å². The van der Waals surface area contributed by atoms with Crippen molar-refractivity contribution in [1.29, 1.82) is 0 Å². The minimum absolute atomic E-state index is 0.0663. The minimum atomic E-state index is 0.0663. The molecular formula is C15H23BrO. The van der Waals surface area contributed by atoms with Gasteiger partial charge in [-0.05, 0) is 42.4 Å². The maximum atomic E-state index is 9.72. The molecule has 96 valence electrons. The number of aliphatic hydroxyl groups excluding tert-OH is 1. The topological polar surface area (TPSA) is 20.2 Å². The molecule has 1 aromatic carbocycles. The summed E-state index contributed by atoms with van der Waals surface area (Å²) in [7, 11) is 0. The van der Waals surface area contributed by atoms with E-state index in [2.05, 4.69) is 48.0 Å². The van der Waals surface area contributed by atoms with Gasteiger partial charge in [-0.15, -0.1) is 0 Å². The third-order valence-corrected chi connectivity index (χ3v) is 4.11. The van der Waals surface area contributed by atoms with E-state index in [0.29, 0.717) is 0 Å². The third kappa shape index (κ3) is 4.44. The Balaban J connectivity index is 2.78. The first-order valence-electron chi connectivity index (χ1n) is 6.51. The number of hydrogen-bond acceptors (Lipinski definition) is 1. The normalized spacial score (nSPS) is 14.6. The first-order valence-corrected chi connectivity index (χ1v) is 7.30. The van der Waals surface area contributed by atoms with Crippen LogP contribution in [-0.4, -0.2) is 11.7 Å². The predicted octanol–water partition coefficient (Wildman–Crippen LogP) is 4.57. The molecule has 0 bridgehead atoms. The number of benzene rings is 1. The first kappa shape index (κ1) is 14.7. The SMILES string of the molecule is CCCCC(CC)(CO)Cc1cccc(Br)c1. The van der Waals surface area contributed by atoms with Gasteiger partial charge in [0.05, 0.1) is 0 Å². The smallest absolute Gasteiger partial charge is 0.0490 e. The summed E-state index contributed by atoms with van der Waals surface area (Å²) in [4.78, 5) is 0. The molecule has 2 heteroatoms. The van der Waals surface area contributed by atoms with Crippen molar-refractivity contribution < 1.29 is 5.11 Å². The highest BCUT2D eigenvalue weighted by atomic mass is 79.9. The van der Waals surface area contributed by atoms with Gasteiger partial charge in [0.15, 0.2) is 0 Å². The number of aliphatic hydroxyl groups is 1. The van der Waals surface area contributed by atoms with Gasteiger partial charge in [0.2, 0.25) is 0 Å². The molecular weight excluding hydrogens is 276 g/mol. The highest BCUT2D eigenvalue weighted by Gasteiger charge is 2.26. The lowest BCUT2D eigenvalue weighted by Crippen LogP contribution is -2.27. The molecule has 0 amide bonds. The lowest BCUT2D eigenvalue weighted by atomic mass is 9.76. The second-order valence-corrected chi connectivity index (χ2v) is 5.84. The van der Waals surface area contributed by atoms with E-state index in [-0.39, 0.29) is 12.0 Å². The molecule has 0 fully saturated rings. The zero-order valence-corrected chi connectivity index (χ0v) is 12.5. The molecule has 17 heavy (non-hydrogen) atoms. The van der Waals surface area contributed by atoms with Crippen LogP contribution >= 0.6 is 15.9 Å². The van der Waals surface area contributed by atoms with Gasteiger partial charge in [0, 0.05) is 11.1 Å². The molecule has 0 aliphatic rings. The fourth-order valence-corrected chi connectivity index (χ4v) is 2.72. The van der Waals surface area contributed by atoms with Crippen LogP contribution in [0.3, 0.4) is 0 Å². The zero-order valence-electron chi connectivity index (χ0n) is 10.9. The van der Waals surface area contributed by atoms with Gasteiger partial charge in [-0.2, -0.15) is 0 Å². The minimum Gasteiger partial charge on any atom is -0.396 e. The average Bonchev–Trinajstić information content (AvgIpc) is 2.35. The molecule has 0 heterocycles. The highest BCUT2D eigenvalue weighted by Crippen LogP contribution is 2.33. The standard InChI is InChI=1S/C15H23BrO/c1-3-5-9-15(4-2,12-17)11-13-7-6-8-14(16)10-13/h6-8,10,17H,3-5,9,11-12H2,1-2H3. The number of hydrogen-bond donors (Lipinski definition) is 1. The molecule has 0 saturated heterocycles. The lowest BCUT2D eigenvalue weighted by Gasteiger charge is -2.31. The van der Waals surface area contributed by atoms with Crippen molar-refractivity contribution in [1.82, 2.24) is 0 Å². The molecule has 1 nitrogen and oxygen atoms in total. The highest BCUT2D eigenvalue weighted by molar-refractivity contribution is 9.10. The molecule has 0 aliphatic carbocycles. The largest absolute Gasteiger partial charge is 0.396 e. The average molecular weight is 299 g/mol. The van der Waals surface area contributed by atoms with Crippen LogP contribution in [0.4, 0.5) is 0 Å². The van der Waals surface area contributed by atoms with Crippen LogP contribution in [0.5, 0.6) is 0 Å². The molecule has 1 aromatic rings. The summed E-state index contributed by atoms with van der Waals surface area (Å²) in [5.41, 5.74) is 1.38. The number of halogens is 1. The van der Waals surface area contributed by atoms with Crippen molar-refractivity contribution in [3.8, 4) is 0 Å². The molecule has 0 saturated carbocycles. The molecule has 0 radical (unpaired) electrons. The van der Waals surface area contributed by atoms with Crippen LogP contribution in [-0.2, 0) is 6.42 Å². The predicted molar refractivity (Wildman–Crippen MR) is 77.2 cm³/mol. The van der Waals surface area contributed by atoms with Crippen molar-refractivity contribution in [3.63, 3.8) is 0 Å². The van der Waals surface area contributed by atoms with E-state index in [4.69, 9.17) is 0 Å². The zero-order chi connectivity index (χ0) is 12.7. The molecule has 0 spiro atoms. The van der Waals surface area contributed by atoms with E-state index in [9.17, 15) is 5.11 Å². The summed E-state index contributed by atoms with van der Waals surface area (Å²) >= 11 is 3.50. The van der Waals surface area contributed by atoms with E-state index in [1.807, 2.05) is 6.07 Å². The van der Waals surface area contributed by atoms with Crippen LogP contribution in [0.2, 0.25) is 0 Å². The Kier molecular flexibility index (Phi) is 6.21. The Morgan fingerprint density at radius 2 is 2.06 bits per heavy atom. The lowest BCUT2D eigenvalue weighted by molar-refractivity contribution is 0.107. The maximum Gasteiger partial charge on any atom is 0.0490 e. The van der Waals surface area contributed by atoms with Gasteiger partial charge in [0.25, 0.3) is 0 Å². The van der Waals surface area contributed by atoms with E-state index in [1.54, 1.807) is 0 Å². The van der Waals surface area contributed by atoms with Crippen LogP contribution in [0.25, 0.3) is 0 Å². The van der Waals surface area contributed by atoms with Crippen LogP contribution in [0, 0.1) is 5.41 Å². The second-order valence-electron chi connectivity index (χ2n) is 4.92. The number of unbranched alkanes of at least 4 members (excludes halogenated alkanes) is 1. The molecule has 1 N–H and O–H groups in total. The third-order valence-electron chi connectivity index (χ3n) is 3.61. The summed E-state index contributed by atoms with van der Waals surface area (Å²) in [5, 5.41) is 9.72. The summed E-state index contributed by atoms with van der Waals surface area (Å²) in [5.74, 6) is 0. The van der Waals surface area contributed by atoms with Crippen LogP contribution in [0.1, 0.15) is 45.1 Å². The van der Waals surface area contributed by atoms with Crippen molar-refractivity contribution in [2.45, 2.75) is 46.0 Å². The van der Waals surface area contributed by atoms with Crippen molar-refractivity contribution >= 4 is 15.9 Å². The van der Waals surface area contributed by atoms with Gasteiger partial charge in [-0.3, -0.25) is 0 Å². The van der Waals surface area contributed by atoms with Crippen LogP contribution in [0.15, 0.2) is 28.7 Å².